The van der Waals surface area contributed by atoms with Crippen LogP contribution >= 0.6 is 0 Å². The quantitative estimate of drug-likeness (QED) is 0.711. The Labute approximate surface area is 173 Å². The second-order valence-corrected chi connectivity index (χ2v) is 8.13. The molecule has 2 aliphatic heterocycles. The van der Waals surface area contributed by atoms with Crippen molar-refractivity contribution in [2.75, 3.05) is 59.0 Å². The summed E-state index contributed by atoms with van der Waals surface area (Å²) < 4.78 is 19.0. The number of aliphatic hydroxyl groups is 1. The first kappa shape index (κ1) is 22.2. The van der Waals surface area contributed by atoms with Crippen LogP contribution in [0.5, 0.6) is 0 Å². The highest BCUT2D eigenvalue weighted by Crippen LogP contribution is 2.11. The molecule has 2 fully saturated rings. The molecule has 29 heavy (non-hydrogen) atoms. The third-order valence-electron chi connectivity index (χ3n) is 5.78. The zero-order chi connectivity index (χ0) is 20.5. The molecule has 1 aromatic carbocycles. The predicted octanol–water partition coefficient (Wildman–Crippen LogP) is 1.72. The van der Waals surface area contributed by atoms with Crippen LogP contribution in [0.3, 0.4) is 0 Å². The van der Waals surface area contributed by atoms with Crippen molar-refractivity contribution in [1.29, 1.82) is 0 Å². The van der Waals surface area contributed by atoms with E-state index in [-0.39, 0.29) is 24.9 Å². The highest BCUT2D eigenvalue weighted by atomic mass is 19.1. The van der Waals surface area contributed by atoms with Crippen LogP contribution in [0.25, 0.3) is 0 Å². The van der Waals surface area contributed by atoms with Crippen molar-refractivity contribution in [1.82, 2.24) is 14.7 Å². The lowest BCUT2D eigenvalue weighted by Gasteiger charge is -2.36. The normalized spacial score (nSPS) is 20.4. The van der Waals surface area contributed by atoms with Crippen LogP contribution in [0.15, 0.2) is 24.3 Å². The van der Waals surface area contributed by atoms with Crippen LogP contribution in [0, 0.1) is 5.82 Å². The number of piperazine rings is 1. The Balaban J connectivity index is 1.30. The molecule has 1 unspecified atom stereocenters. The van der Waals surface area contributed by atoms with Gasteiger partial charge in [0.05, 0.1) is 25.9 Å². The van der Waals surface area contributed by atoms with Gasteiger partial charge in [0.25, 0.3) is 0 Å². The van der Waals surface area contributed by atoms with E-state index in [4.69, 9.17) is 4.74 Å². The van der Waals surface area contributed by atoms with Crippen LogP contribution in [-0.4, -0.2) is 90.8 Å². The van der Waals surface area contributed by atoms with Crippen molar-refractivity contribution in [3.05, 3.63) is 35.6 Å². The minimum absolute atomic E-state index is 0.163. The van der Waals surface area contributed by atoms with Crippen LogP contribution in [-0.2, 0) is 16.1 Å². The van der Waals surface area contributed by atoms with E-state index in [9.17, 15) is 14.3 Å². The van der Waals surface area contributed by atoms with Gasteiger partial charge in [-0.05, 0) is 18.9 Å². The van der Waals surface area contributed by atoms with Gasteiger partial charge in [0.15, 0.2) is 0 Å². The summed E-state index contributed by atoms with van der Waals surface area (Å²) in [5, 5.41) is 10.2. The number of likely N-dealkylation sites (tertiary alicyclic amines) is 1. The third-order valence-corrected chi connectivity index (χ3v) is 5.78. The number of hydrogen-bond acceptors (Lipinski definition) is 5. The van der Waals surface area contributed by atoms with Gasteiger partial charge in [-0.25, -0.2) is 4.39 Å². The molecular weight excluding hydrogens is 373 g/mol. The van der Waals surface area contributed by atoms with Gasteiger partial charge < -0.3 is 14.7 Å². The maximum absolute atomic E-state index is 13.6. The third kappa shape index (κ3) is 7.33. The number of benzene rings is 1. The molecule has 0 aliphatic carbocycles. The summed E-state index contributed by atoms with van der Waals surface area (Å²) in [5.41, 5.74) is 0.502. The predicted molar refractivity (Wildman–Crippen MR) is 110 cm³/mol. The molecule has 7 heteroatoms. The molecule has 1 aromatic rings. The lowest BCUT2D eigenvalue weighted by molar-refractivity contribution is -0.132. The smallest absolute Gasteiger partial charge is 0.236 e. The van der Waals surface area contributed by atoms with E-state index in [0.29, 0.717) is 18.7 Å². The molecule has 0 aromatic heterocycles. The number of β-amino-alcohol motifs (C(OH)–C–C–N with tert-alkyl or cyclic N) is 1. The van der Waals surface area contributed by atoms with E-state index in [2.05, 4.69) is 9.80 Å². The van der Waals surface area contributed by atoms with E-state index in [1.54, 1.807) is 18.2 Å². The summed E-state index contributed by atoms with van der Waals surface area (Å²) in [6, 6.07) is 6.52. The van der Waals surface area contributed by atoms with Crippen LogP contribution < -0.4 is 0 Å². The molecule has 1 N–H and O–H groups in total. The van der Waals surface area contributed by atoms with E-state index in [1.807, 2.05) is 4.90 Å². The maximum atomic E-state index is 13.6. The van der Waals surface area contributed by atoms with Gasteiger partial charge in [-0.15, -0.1) is 0 Å². The zero-order valence-electron chi connectivity index (χ0n) is 17.3. The molecule has 1 atom stereocenters. The zero-order valence-corrected chi connectivity index (χ0v) is 17.3. The SMILES string of the molecule is O=C(CN1CCN(CC(O)COCc2ccccc2F)CC1)N1CCCCCC1. The fraction of sp³-hybridized carbons (Fsp3) is 0.682. The first-order valence-electron chi connectivity index (χ1n) is 10.8. The molecule has 6 nitrogen and oxygen atoms in total. The molecular formula is C22H34FN3O3. The van der Waals surface area contributed by atoms with Gasteiger partial charge in [-0.3, -0.25) is 14.6 Å². The molecule has 1 amide bonds. The Morgan fingerprint density at radius 1 is 1.00 bits per heavy atom. The number of halogens is 1. The highest BCUT2D eigenvalue weighted by molar-refractivity contribution is 5.78. The first-order chi connectivity index (χ1) is 14.1. The number of amides is 1. The van der Waals surface area contributed by atoms with Crippen LogP contribution in [0.2, 0.25) is 0 Å². The second-order valence-electron chi connectivity index (χ2n) is 8.13. The molecule has 2 saturated heterocycles. The Morgan fingerprint density at radius 2 is 1.66 bits per heavy atom. The fourth-order valence-corrected chi connectivity index (χ4v) is 4.01. The number of aliphatic hydroxyl groups excluding tert-OH is 1. The van der Waals surface area contributed by atoms with Gasteiger partial charge in [0, 0.05) is 51.4 Å². The lowest BCUT2D eigenvalue weighted by atomic mass is 10.2. The van der Waals surface area contributed by atoms with E-state index < -0.39 is 6.10 Å². The molecule has 2 aliphatic rings. The summed E-state index contributed by atoms with van der Waals surface area (Å²) in [6.07, 6.45) is 4.10. The number of nitrogens with zero attached hydrogens (tertiary/aromatic N) is 3. The van der Waals surface area contributed by atoms with E-state index in [1.165, 1.54) is 18.9 Å². The van der Waals surface area contributed by atoms with Crippen molar-refractivity contribution >= 4 is 5.91 Å². The minimum Gasteiger partial charge on any atom is -0.389 e. The molecule has 3 rings (SSSR count). The summed E-state index contributed by atoms with van der Waals surface area (Å²) in [6.45, 7) is 6.52. The van der Waals surface area contributed by atoms with E-state index >= 15 is 0 Å². The van der Waals surface area contributed by atoms with Gasteiger partial charge in [-0.2, -0.15) is 0 Å². The lowest BCUT2D eigenvalue weighted by Crippen LogP contribution is -2.51. The number of rotatable bonds is 8. The topological polar surface area (TPSA) is 56.3 Å². The Kier molecular flexibility index (Phi) is 8.86. The Hall–Kier alpha value is -1.54. The van der Waals surface area contributed by atoms with Gasteiger partial charge in [0.1, 0.15) is 5.82 Å². The molecule has 0 radical (unpaired) electrons. The summed E-state index contributed by atoms with van der Waals surface area (Å²) in [7, 11) is 0. The largest absolute Gasteiger partial charge is 0.389 e. The number of carbonyl (C=O) groups is 1. The first-order valence-corrected chi connectivity index (χ1v) is 10.8. The summed E-state index contributed by atoms with van der Waals surface area (Å²) in [4.78, 5) is 19.0. The molecule has 0 saturated carbocycles. The molecule has 0 bridgehead atoms. The number of ether oxygens (including phenoxy) is 1. The fourth-order valence-electron chi connectivity index (χ4n) is 4.01. The molecule has 162 valence electrons. The van der Waals surface area contributed by atoms with Crippen molar-refractivity contribution in [3.63, 3.8) is 0 Å². The second kappa shape index (κ2) is 11.6. The summed E-state index contributed by atoms with van der Waals surface area (Å²) >= 11 is 0. The maximum Gasteiger partial charge on any atom is 0.236 e. The average Bonchev–Trinajstić information content (AvgIpc) is 3.01. The molecule has 0 spiro atoms. The van der Waals surface area contributed by atoms with Gasteiger partial charge in [0.2, 0.25) is 5.91 Å². The Bertz CT molecular complexity index is 629. The van der Waals surface area contributed by atoms with Crippen molar-refractivity contribution in [2.24, 2.45) is 0 Å². The van der Waals surface area contributed by atoms with Crippen molar-refractivity contribution in [3.8, 4) is 0 Å². The van der Waals surface area contributed by atoms with Gasteiger partial charge >= 0.3 is 0 Å². The van der Waals surface area contributed by atoms with Crippen molar-refractivity contribution < 1.29 is 19.0 Å². The standard InChI is InChI=1S/C22H34FN3O3/c23-21-8-4-3-7-19(21)17-29-18-20(27)15-24-11-13-25(14-12-24)16-22(28)26-9-5-1-2-6-10-26/h3-4,7-8,20,27H,1-2,5-6,9-18H2. The van der Waals surface area contributed by atoms with Crippen molar-refractivity contribution in [2.45, 2.75) is 38.4 Å². The molecule has 2 heterocycles. The number of hydrogen-bond donors (Lipinski definition) is 1. The monoisotopic (exact) mass is 407 g/mol. The summed E-state index contributed by atoms with van der Waals surface area (Å²) in [5.74, 6) is -0.0326. The highest BCUT2D eigenvalue weighted by Gasteiger charge is 2.23. The average molecular weight is 408 g/mol. The van der Waals surface area contributed by atoms with Crippen LogP contribution in [0.4, 0.5) is 4.39 Å². The van der Waals surface area contributed by atoms with E-state index in [0.717, 1.165) is 52.1 Å². The Morgan fingerprint density at radius 3 is 2.34 bits per heavy atom. The van der Waals surface area contributed by atoms with Crippen LogP contribution in [0.1, 0.15) is 31.2 Å². The minimum atomic E-state index is -0.605. The number of carbonyl (C=O) groups excluding carboxylic acids is 1. The van der Waals surface area contributed by atoms with Gasteiger partial charge in [-0.1, -0.05) is 31.0 Å².